The molecule has 0 bridgehead atoms. The van der Waals surface area contributed by atoms with Crippen LogP contribution in [0, 0.1) is 13.8 Å². The molecule has 78 valence electrons. The fourth-order valence-corrected chi connectivity index (χ4v) is 1.41. The number of aromatic hydroxyl groups is 1. The highest BCUT2D eigenvalue weighted by molar-refractivity contribution is 5.64. The maximum atomic E-state index is 9.66. The zero-order chi connectivity index (χ0) is 11.0. The van der Waals surface area contributed by atoms with Crippen LogP contribution in [0.15, 0.2) is 22.7 Å². The van der Waals surface area contributed by atoms with Gasteiger partial charge in [0.25, 0.3) is 0 Å². The first-order chi connectivity index (χ1) is 7.08. The summed E-state index contributed by atoms with van der Waals surface area (Å²) in [5.74, 6) is 1.15. The van der Waals surface area contributed by atoms with E-state index in [0.29, 0.717) is 11.6 Å². The molecule has 0 saturated carbocycles. The normalized spacial score (nSPS) is 10.5. The topological polar surface area (TPSA) is 72.3 Å². The average Bonchev–Trinajstić information content (AvgIpc) is 2.60. The van der Waals surface area contributed by atoms with E-state index in [1.165, 1.54) is 0 Å². The number of anilines is 1. The molecule has 0 radical (unpaired) electrons. The SMILES string of the molecule is Cc1cc(-c2cc(N)no2)cc(O)c1C. The lowest BCUT2D eigenvalue weighted by atomic mass is 10.0. The van der Waals surface area contributed by atoms with Gasteiger partial charge in [-0.2, -0.15) is 0 Å². The third-order valence-corrected chi connectivity index (χ3v) is 2.45. The highest BCUT2D eigenvalue weighted by atomic mass is 16.5. The van der Waals surface area contributed by atoms with Crippen LogP contribution in [0.4, 0.5) is 5.82 Å². The summed E-state index contributed by atoms with van der Waals surface area (Å²) in [4.78, 5) is 0. The van der Waals surface area contributed by atoms with Gasteiger partial charge in [-0.25, -0.2) is 0 Å². The van der Waals surface area contributed by atoms with Crippen LogP contribution < -0.4 is 5.73 Å². The van der Waals surface area contributed by atoms with Crippen LogP contribution in [0.5, 0.6) is 5.75 Å². The summed E-state index contributed by atoms with van der Waals surface area (Å²) in [6.07, 6.45) is 0. The van der Waals surface area contributed by atoms with Gasteiger partial charge in [0.1, 0.15) is 5.75 Å². The third kappa shape index (κ3) is 1.66. The lowest BCUT2D eigenvalue weighted by Crippen LogP contribution is -1.84. The molecule has 1 heterocycles. The summed E-state index contributed by atoms with van der Waals surface area (Å²) >= 11 is 0. The van der Waals surface area contributed by atoms with E-state index in [-0.39, 0.29) is 5.75 Å². The van der Waals surface area contributed by atoms with Crippen molar-refractivity contribution in [1.82, 2.24) is 5.16 Å². The van der Waals surface area contributed by atoms with E-state index in [1.807, 2.05) is 19.9 Å². The number of phenols is 1. The van der Waals surface area contributed by atoms with Crippen LogP contribution in [-0.2, 0) is 0 Å². The van der Waals surface area contributed by atoms with E-state index in [0.717, 1.165) is 16.7 Å². The van der Waals surface area contributed by atoms with Crippen molar-refractivity contribution in [3.8, 4) is 17.1 Å². The molecule has 0 unspecified atom stereocenters. The molecule has 0 aliphatic carbocycles. The molecule has 0 spiro atoms. The predicted octanol–water partition coefficient (Wildman–Crippen LogP) is 2.25. The molecular formula is C11H12N2O2. The van der Waals surface area contributed by atoms with E-state index in [9.17, 15) is 5.11 Å². The van der Waals surface area contributed by atoms with Crippen LogP contribution in [0.1, 0.15) is 11.1 Å². The van der Waals surface area contributed by atoms with Crippen LogP contribution in [-0.4, -0.2) is 10.3 Å². The molecule has 0 amide bonds. The number of benzene rings is 1. The molecule has 3 N–H and O–H groups in total. The Hall–Kier alpha value is -1.97. The molecule has 1 aromatic carbocycles. The standard InChI is InChI=1S/C11H12N2O2/c1-6-3-8(4-9(14)7(6)2)10-5-11(12)13-15-10/h3-5,14H,1-2H3,(H2,12,13). The van der Waals surface area contributed by atoms with E-state index in [4.69, 9.17) is 10.3 Å². The number of aryl methyl sites for hydroxylation is 1. The summed E-state index contributed by atoms with van der Waals surface area (Å²) < 4.78 is 5.01. The van der Waals surface area contributed by atoms with Crippen molar-refractivity contribution < 1.29 is 9.63 Å². The Kier molecular flexibility index (Phi) is 2.11. The van der Waals surface area contributed by atoms with Crippen molar-refractivity contribution in [1.29, 1.82) is 0 Å². The number of nitrogens with two attached hydrogens (primary N) is 1. The Labute approximate surface area is 87.3 Å². The number of nitrogen functional groups attached to an aromatic ring is 1. The Morgan fingerprint density at radius 3 is 2.53 bits per heavy atom. The lowest BCUT2D eigenvalue weighted by Gasteiger charge is -2.05. The highest BCUT2D eigenvalue weighted by Gasteiger charge is 2.08. The van der Waals surface area contributed by atoms with Gasteiger partial charge >= 0.3 is 0 Å². The number of aromatic nitrogens is 1. The fourth-order valence-electron chi connectivity index (χ4n) is 1.41. The molecular weight excluding hydrogens is 192 g/mol. The number of phenolic OH excluding ortho intramolecular Hbond substituents is 1. The lowest BCUT2D eigenvalue weighted by molar-refractivity contribution is 0.434. The first-order valence-corrected chi connectivity index (χ1v) is 4.60. The van der Waals surface area contributed by atoms with Crippen LogP contribution >= 0.6 is 0 Å². The predicted molar refractivity (Wildman–Crippen MR) is 57.5 cm³/mol. The number of hydrogen-bond donors (Lipinski definition) is 2. The maximum absolute atomic E-state index is 9.66. The minimum atomic E-state index is 0.250. The van der Waals surface area contributed by atoms with Gasteiger partial charge < -0.3 is 15.4 Å². The largest absolute Gasteiger partial charge is 0.508 e. The molecule has 0 aliphatic heterocycles. The average molecular weight is 204 g/mol. The Balaban J connectivity index is 2.55. The van der Waals surface area contributed by atoms with E-state index in [2.05, 4.69) is 5.16 Å². The first kappa shape index (κ1) is 9.58. The Bertz CT molecular complexity index is 480. The Morgan fingerprint density at radius 1 is 1.27 bits per heavy atom. The van der Waals surface area contributed by atoms with Gasteiger partial charge in [0.2, 0.25) is 0 Å². The second-order valence-corrected chi connectivity index (χ2v) is 3.55. The summed E-state index contributed by atoms with van der Waals surface area (Å²) in [5, 5.41) is 13.3. The van der Waals surface area contributed by atoms with Gasteiger partial charge in [-0.1, -0.05) is 5.16 Å². The summed E-state index contributed by atoms with van der Waals surface area (Å²) in [6, 6.07) is 5.20. The van der Waals surface area contributed by atoms with Gasteiger partial charge in [-0.15, -0.1) is 0 Å². The van der Waals surface area contributed by atoms with Crippen molar-refractivity contribution in [2.24, 2.45) is 0 Å². The van der Waals surface area contributed by atoms with Crippen molar-refractivity contribution in [3.63, 3.8) is 0 Å². The van der Waals surface area contributed by atoms with E-state index < -0.39 is 0 Å². The second-order valence-electron chi connectivity index (χ2n) is 3.55. The molecule has 2 rings (SSSR count). The summed E-state index contributed by atoms with van der Waals surface area (Å²) in [7, 11) is 0. The minimum absolute atomic E-state index is 0.250. The number of nitrogens with zero attached hydrogens (tertiary/aromatic N) is 1. The van der Waals surface area contributed by atoms with Crippen molar-refractivity contribution >= 4 is 5.82 Å². The van der Waals surface area contributed by atoms with E-state index in [1.54, 1.807) is 12.1 Å². The van der Waals surface area contributed by atoms with Gasteiger partial charge in [-0.3, -0.25) is 0 Å². The molecule has 4 nitrogen and oxygen atoms in total. The zero-order valence-corrected chi connectivity index (χ0v) is 8.61. The fraction of sp³-hybridized carbons (Fsp3) is 0.182. The van der Waals surface area contributed by atoms with Crippen LogP contribution in [0.3, 0.4) is 0 Å². The molecule has 1 aromatic heterocycles. The second kappa shape index (κ2) is 3.31. The molecule has 15 heavy (non-hydrogen) atoms. The zero-order valence-electron chi connectivity index (χ0n) is 8.61. The molecule has 0 saturated heterocycles. The highest BCUT2D eigenvalue weighted by Crippen LogP contribution is 2.29. The van der Waals surface area contributed by atoms with Crippen LogP contribution in [0.25, 0.3) is 11.3 Å². The van der Waals surface area contributed by atoms with Gasteiger partial charge in [0.15, 0.2) is 11.6 Å². The maximum Gasteiger partial charge on any atom is 0.169 e. The van der Waals surface area contributed by atoms with Crippen molar-refractivity contribution in [2.75, 3.05) is 5.73 Å². The van der Waals surface area contributed by atoms with Gasteiger partial charge in [0, 0.05) is 11.6 Å². The van der Waals surface area contributed by atoms with Crippen LogP contribution in [0.2, 0.25) is 0 Å². The number of rotatable bonds is 1. The van der Waals surface area contributed by atoms with Gasteiger partial charge in [0.05, 0.1) is 0 Å². The Morgan fingerprint density at radius 2 is 2.00 bits per heavy atom. The van der Waals surface area contributed by atoms with Crippen molar-refractivity contribution in [2.45, 2.75) is 13.8 Å². The van der Waals surface area contributed by atoms with E-state index >= 15 is 0 Å². The summed E-state index contributed by atoms with van der Waals surface area (Å²) in [6.45, 7) is 3.79. The number of hydrogen-bond acceptors (Lipinski definition) is 4. The molecule has 0 atom stereocenters. The molecule has 4 heteroatoms. The van der Waals surface area contributed by atoms with Crippen molar-refractivity contribution in [3.05, 3.63) is 29.3 Å². The van der Waals surface area contributed by atoms with Gasteiger partial charge in [-0.05, 0) is 37.1 Å². The minimum Gasteiger partial charge on any atom is -0.508 e. The molecule has 0 aliphatic rings. The summed E-state index contributed by atoms with van der Waals surface area (Å²) in [5.41, 5.74) is 8.10. The first-order valence-electron chi connectivity index (χ1n) is 4.60. The molecule has 0 fully saturated rings. The monoisotopic (exact) mass is 204 g/mol. The smallest absolute Gasteiger partial charge is 0.169 e. The quantitative estimate of drug-likeness (QED) is 0.747. The third-order valence-electron chi connectivity index (χ3n) is 2.45. The molecule has 2 aromatic rings.